The highest BCUT2D eigenvalue weighted by Crippen LogP contribution is 2.22. The summed E-state index contributed by atoms with van der Waals surface area (Å²) in [7, 11) is 0. The van der Waals surface area contributed by atoms with Crippen LogP contribution in [0.1, 0.15) is 31.4 Å². The van der Waals surface area contributed by atoms with Crippen molar-refractivity contribution in [3.63, 3.8) is 0 Å². The van der Waals surface area contributed by atoms with E-state index in [1.165, 1.54) is 0 Å². The van der Waals surface area contributed by atoms with Crippen LogP contribution in [0.4, 0.5) is 5.82 Å². The van der Waals surface area contributed by atoms with Crippen molar-refractivity contribution in [3.8, 4) is 23.0 Å². The predicted octanol–water partition coefficient (Wildman–Crippen LogP) is 4.32. The van der Waals surface area contributed by atoms with Crippen LogP contribution in [-0.4, -0.2) is 25.1 Å². The molecule has 28 heavy (non-hydrogen) atoms. The van der Waals surface area contributed by atoms with Crippen LogP contribution in [0.15, 0.2) is 65.3 Å². The number of pyridine rings is 1. The van der Waals surface area contributed by atoms with Crippen molar-refractivity contribution in [1.29, 1.82) is 0 Å². The summed E-state index contributed by atoms with van der Waals surface area (Å²) in [5, 5.41) is 7.45. The summed E-state index contributed by atoms with van der Waals surface area (Å²) in [6.45, 7) is 4.02. The van der Waals surface area contributed by atoms with Crippen molar-refractivity contribution in [3.05, 3.63) is 72.3 Å². The third kappa shape index (κ3) is 3.88. The molecule has 0 radical (unpaired) electrons. The van der Waals surface area contributed by atoms with Gasteiger partial charge in [-0.05, 0) is 37.6 Å². The first kappa shape index (κ1) is 17.8. The van der Waals surface area contributed by atoms with E-state index in [2.05, 4.69) is 37.3 Å². The molecule has 140 valence electrons. The summed E-state index contributed by atoms with van der Waals surface area (Å²) in [6, 6.07) is 17.1. The van der Waals surface area contributed by atoms with Gasteiger partial charge < -0.3 is 9.84 Å². The summed E-state index contributed by atoms with van der Waals surface area (Å²) >= 11 is 0. The van der Waals surface area contributed by atoms with Crippen LogP contribution in [0.3, 0.4) is 0 Å². The van der Waals surface area contributed by atoms with Crippen molar-refractivity contribution in [2.75, 3.05) is 5.32 Å². The first-order valence-electron chi connectivity index (χ1n) is 9.18. The number of aryl methyl sites for hydroxylation is 1. The molecule has 0 aliphatic carbocycles. The van der Waals surface area contributed by atoms with Crippen LogP contribution in [0, 0.1) is 0 Å². The number of hydrogen-bond acceptors (Lipinski definition) is 7. The normalized spacial score (nSPS) is 11.9. The number of nitrogens with zero attached hydrogens (tertiary/aromatic N) is 5. The van der Waals surface area contributed by atoms with Crippen molar-refractivity contribution < 1.29 is 4.52 Å². The Morgan fingerprint density at radius 2 is 1.82 bits per heavy atom. The smallest absolute Gasteiger partial charge is 0.257 e. The maximum Gasteiger partial charge on any atom is 0.257 e. The molecule has 4 rings (SSSR count). The van der Waals surface area contributed by atoms with Gasteiger partial charge in [-0.1, -0.05) is 36.3 Å². The molecule has 3 heterocycles. The lowest BCUT2D eigenvalue weighted by molar-refractivity contribution is 0.419. The standard InChI is InChI=1S/C21H20N6O/c1-3-16-13-18(25-20(24-16)17-11-7-8-12-22-17)23-14(2)19-26-21(28-27-19)15-9-5-4-6-10-15/h4-14H,3H2,1-2H3,(H,23,24,25). The second-order valence-corrected chi connectivity index (χ2v) is 6.33. The van der Waals surface area contributed by atoms with E-state index in [1.807, 2.05) is 61.5 Å². The molecule has 7 heteroatoms. The molecule has 0 spiro atoms. The van der Waals surface area contributed by atoms with E-state index in [1.54, 1.807) is 6.20 Å². The SMILES string of the molecule is CCc1cc(NC(C)c2noc(-c3ccccc3)n2)nc(-c2ccccn2)n1. The molecule has 1 aromatic carbocycles. The molecular weight excluding hydrogens is 352 g/mol. The zero-order valence-electron chi connectivity index (χ0n) is 15.7. The fourth-order valence-corrected chi connectivity index (χ4v) is 2.76. The lowest BCUT2D eigenvalue weighted by Crippen LogP contribution is -2.11. The Hall–Kier alpha value is -3.61. The van der Waals surface area contributed by atoms with Gasteiger partial charge in [-0.3, -0.25) is 4.98 Å². The van der Waals surface area contributed by atoms with Crippen LogP contribution in [-0.2, 0) is 6.42 Å². The molecule has 0 saturated carbocycles. The van der Waals surface area contributed by atoms with Crippen molar-refractivity contribution in [2.45, 2.75) is 26.3 Å². The van der Waals surface area contributed by atoms with Crippen molar-refractivity contribution in [2.24, 2.45) is 0 Å². The lowest BCUT2D eigenvalue weighted by Gasteiger charge is -2.12. The van der Waals surface area contributed by atoms with Crippen molar-refractivity contribution >= 4 is 5.82 Å². The number of aromatic nitrogens is 5. The van der Waals surface area contributed by atoms with E-state index >= 15 is 0 Å². The van der Waals surface area contributed by atoms with E-state index < -0.39 is 0 Å². The molecule has 0 bridgehead atoms. The zero-order valence-corrected chi connectivity index (χ0v) is 15.7. The maximum absolute atomic E-state index is 5.40. The number of nitrogens with one attached hydrogen (secondary N) is 1. The van der Waals surface area contributed by atoms with E-state index in [9.17, 15) is 0 Å². The Bertz CT molecular complexity index is 1050. The van der Waals surface area contributed by atoms with Gasteiger partial charge in [0.1, 0.15) is 11.5 Å². The summed E-state index contributed by atoms with van der Waals surface area (Å²) < 4.78 is 5.40. The molecule has 3 aromatic heterocycles. The van der Waals surface area contributed by atoms with Gasteiger partial charge in [-0.15, -0.1) is 0 Å². The van der Waals surface area contributed by atoms with Gasteiger partial charge in [0.2, 0.25) is 0 Å². The van der Waals surface area contributed by atoms with Gasteiger partial charge in [-0.25, -0.2) is 9.97 Å². The second-order valence-electron chi connectivity index (χ2n) is 6.33. The Labute approximate surface area is 162 Å². The molecular formula is C21H20N6O. The molecule has 4 aromatic rings. The topological polar surface area (TPSA) is 89.6 Å². The van der Waals surface area contributed by atoms with E-state index in [4.69, 9.17) is 4.52 Å². The molecule has 0 aliphatic rings. The van der Waals surface area contributed by atoms with E-state index in [0.717, 1.165) is 23.4 Å². The summed E-state index contributed by atoms with van der Waals surface area (Å²) in [5.74, 6) is 2.35. The fourth-order valence-electron chi connectivity index (χ4n) is 2.76. The molecule has 1 N–H and O–H groups in total. The minimum Gasteiger partial charge on any atom is -0.360 e. The van der Waals surface area contributed by atoms with E-state index in [-0.39, 0.29) is 6.04 Å². The summed E-state index contributed by atoms with van der Waals surface area (Å²) in [5.41, 5.74) is 2.56. The monoisotopic (exact) mass is 372 g/mol. The maximum atomic E-state index is 5.40. The first-order valence-corrected chi connectivity index (χ1v) is 9.18. The van der Waals surface area contributed by atoms with Crippen LogP contribution < -0.4 is 5.32 Å². The summed E-state index contributed by atoms with van der Waals surface area (Å²) in [6.07, 6.45) is 2.53. The highest BCUT2D eigenvalue weighted by atomic mass is 16.5. The van der Waals surface area contributed by atoms with Gasteiger partial charge in [0.05, 0.1) is 6.04 Å². The van der Waals surface area contributed by atoms with Gasteiger partial charge in [0, 0.05) is 23.5 Å². The quantitative estimate of drug-likeness (QED) is 0.539. The number of rotatable bonds is 6. The van der Waals surface area contributed by atoms with Crippen LogP contribution >= 0.6 is 0 Å². The van der Waals surface area contributed by atoms with E-state index in [0.29, 0.717) is 23.4 Å². The first-order chi connectivity index (χ1) is 13.7. The molecule has 7 nitrogen and oxygen atoms in total. The van der Waals surface area contributed by atoms with Gasteiger partial charge >= 0.3 is 0 Å². The largest absolute Gasteiger partial charge is 0.360 e. The van der Waals surface area contributed by atoms with Gasteiger partial charge in [0.25, 0.3) is 5.89 Å². The highest BCUT2D eigenvalue weighted by molar-refractivity contribution is 5.54. The van der Waals surface area contributed by atoms with Crippen LogP contribution in [0.5, 0.6) is 0 Å². The predicted molar refractivity (Wildman–Crippen MR) is 106 cm³/mol. The Morgan fingerprint density at radius 1 is 1.00 bits per heavy atom. The Morgan fingerprint density at radius 3 is 2.57 bits per heavy atom. The molecule has 1 unspecified atom stereocenters. The average molecular weight is 372 g/mol. The molecule has 0 aliphatic heterocycles. The summed E-state index contributed by atoms with van der Waals surface area (Å²) in [4.78, 5) is 18.0. The fraction of sp³-hybridized carbons (Fsp3) is 0.190. The minimum absolute atomic E-state index is 0.183. The van der Waals surface area contributed by atoms with Crippen LogP contribution in [0.2, 0.25) is 0 Å². The average Bonchev–Trinajstić information content (AvgIpc) is 3.25. The second kappa shape index (κ2) is 7.96. The van der Waals surface area contributed by atoms with Gasteiger partial charge in [-0.2, -0.15) is 4.98 Å². The Balaban J connectivity index is 1.58. The third-order valence-corrected chi connectivity index (χ3v) is 4.25. The minimum atomic E-state index is -0.183. The molecule has 0 amide bonds. The lowest BCUT2D eigenvalue weighted by atomic mass is 10.2. The van der Waals surface area contributed by atoms with Crippen LogP contribution in [0.25, 0.3) is 23.0 Å². The molecule has 0 fully saturated rings. The number of anilines is 1. The third-order valence-electron chi connectivity index (χ3n) is 4.25. The molecule has 0 saturated heterocycles. The van der Waals surface area contributed by atoms with Gasteiger partial charge in [0.15, 0.2) is 11.6 Å². The highest BCUT2D eigenvalue weighted by Gasteiger charge is 2.16. The number of hydrogen-bond donors (Lipinski definition) is 1. The Kier molecular flexibility index (Phi) is 5.05. The molecule has 1 atom stereocenters. The zero-order chi connectivity index (χ0) is 19.3. The van der Waals surface area contributed by atoms with Crippen molar-refractivity contribution in [1.82, 2.24) is 25.1 Å². The number of benzene rings is 1.